The second-order valence-corrected chi connectivity index (χ2v) is 8.24. The highest BCUT2D eigenvalue weighted by Gasteiger charge is 2.29. The van der Waals surface area contributed by atoms with E-state index in [0.717, 1.165) is 21.0 Å². The molecule has 1 fully saturated rings. The smallest absolute Gasteiger partial charge is 0.309 e. The van der Waals surface area contributed by atoms with Gasteiger partial charge in [-0.15, -0.1) is 11.3 Å². The van der Waals surface area contributed by atoms with Gasteiger partial charge < -0.3 is 14.6 Å². The van der Waals surface area contributed by atoms with Crippen molar-refractivity contribution in [1.29, 1.82) is 0 Å². The number of amides is 1. The molecule has 3 heterocycles. The van der Waals surface area contributed by atoms with Gasteiger partial charge in [0.15, 0.2) is 0 Å². The van der Waals surface area contributed by atoms with Crippen LogP contribution < -0.4 is 0 Å². The fourth-order valence-electron chi connectivity index (χ4n) is 3.92. The predicted octanol–water partition coefficient (Wildman–Crippen LogP) is 4.62. The Kier molecular flexibility index (Phi) is 5.22. The summed E-state index contributed by atoms with van der Waals surface area (Å²) in [5, 5.41) is 1.18. The number of carbonyl (C=O) groups is 2. The number of thiophene rings is 1. The van der Waals surface area contributed by atoms with E-state index in [4.69, 9.17) is 4.74 Å². The first-order chi connectivity index (χ1) is 13.6. The summed E-state index contributed by atoms with van der Waals surface area (Å²) in [6.45, 7) is 5.49. The van der Waals surface area contributed by atoms with Gasteiger partial charge in [0.2, 0.25) is 0 Å². The molecule has 1 aromatic carbocycles. The number of aryl methyl sites for hydroxylation is 1. The van der Waals surface area contributed by atoms with Gasteiger partial charge >= 0.3 is 5.97 Å². The molecular weight excluding hydrogens is 372 g/mol. The van der Waals surface area contributed by atoms with Crippen molar-refractivity contribution < 1.29 is 14.3 Å². The number of fused-ring (bicyclic) bond motifs is 1. The van der Waals surface area contributed by atoms with E-state index in [1.807, 2.05) is 36.1 Å². The van der Waals surface area contributed by atoms with E-state index in [0.29, 0.717) is 32.5 Å². The maximum absolute atomic E-state index is 12.9. The van der Waals surface area contributed by atoms with E-state index < -0.39 is 0 Å². The van der Waals surface area contributed by atoms with Crippen molar-refractivity contribution in [2.75, 3.05) is 19.7 Å². The van der Waals surface area contributed by atoms with Crippen LogP contribution in [-0.2, 0) is 9.53 Å². The fraction of sp³-hybridized carbons (Fsp3) is 0.364. The number of esters is 1. The minimum Gasteiger partial charge on any atom is -0.466 e. The Morgan fingerprint density at radius 3 is 2.68 bits per heavy atom. The lowest BCUT2D eigenvalue weighted by Gasteiger charge is -2.30. The van der Waals surface area contributed by atoms with Crippen molar-refractivity contribution in [1.82, 2.24) is 9.88 Å². The van der Waals surface area contributed by atoms with Crippen LogP contribution in [-0.4, -0.2) is 41.5 Å². The van der Waals surface area contributed by atoms with Gasteiger partial charge in [0.05, 0.1) is 17.4 Å². The molecule has 1 aliphatic heterocycles. The van der Waals surface area contributed by atoms with Crippen LogP contribution in [0.15, 0.2) is 36.4 Å². The highest BCUT2D eigenvalue weighted by molar-refractivity contribution is 7.17. The van der Waals surface area contributed by atoms with Gasteiger partial charge in [0, 0.05) is 40.1 Å². The Hall–Kier alpha value is -2.60. The number of aromatic amines is 1. The van der Waals surface area contributed by atoms with Crippen LogP contribution in [0.3, 0.4) is 0 Å². The van der Waals surface area contributed by atoms with E-state index in [2.05, 4.69) is 24.0 Å². The van der Waals surface area contributed by atoms with E-state index in [9.17, 15) is 9.59 Å². The number of nitrogens with one attached hydrogen (secondary N) is 1. The van der Waals surface area contributed by atoms with Crippen LogP contribution in [0.25, 0.3) is 21.3 Å². The fourth-order valence-corrected chi connectivity index (χ4v) is 5.01. The summed E-state index contributed by atoms with van der Waals surface area (Å²) < 4.78 is 5.11. The molecule has 28 heavy (non-hydrogen) atoms. The SMILES string of the molecule is CCOC(=O)C1CCN(C(=O)c2ccc(-c3c(C)[nH]c4ccccc34)s2)CC1. The number of nitrogens with zero attached hydrogens (tertiary/aromatic N) is 1. The maximum atomic E-state index is 12.9. The molecule has 0 spiro atoms. The number of likely N-dealkylation sites (tertiary alicyclic amines) is 1. The summed E-state index contributed by atoms with van der Waals surface area (Å²) in [5.41, 5.74) is 3.38. The molecule has 1 amide bonds. The quantitative estimate of drug-likeness (QED) is 0.655. The van der Waals surface area contributed by atoms with Crippen LogP contribution in [0, 0.1) is 12.8 Å². The van der Waals surface area contributed by atoms with Crippen molar-refractivity contribution in [3.63, 3.8) is 0 Å². The monoisotopic (exact) mass is 396 g/mol. The van der Waals surface area contributed by atoms with Crippen LogP contribution in [0.4, 0.5) is 0 Å². The van der Waals surface area contributed by atoms with Gasteiger partial charge in [-0.2, -0.15) is 0 Å². The zero-order chi connectivity index (χ0) is 19.7. The number of ether oxygens (including phenoxy) is 1. The topological polar surface area (TPSA) is 62.4 Å². The van der Waals surface area contributed by atoms with Crippen LogP contribution >= 0.6 is 11.3 Å². The van der Waals surface area contributed by atoms with Gasteiger partial charge in [-0.3, -0.25) is 9.59 Å². The predicted molar refractivity (Wildman–Crippen MR) is 112 cm³/mol. The first kappa shape index (κ1) is 18.7. The third kappa shape index (κ3) is 3.44. The molecule has 0 atom stereocenters. The van der Waals surface area contributed by atoms with Crippen LogP contribution in [0.2, 0.25) is 0 Å². The minimum absolute atomic E-state index is 0.0519. The minimum atomic E-state index is -0.136. The number of para-hydroxylation sites is 1. The second-order valence-electron chi connectivity index (χ2n) is 7.15. The Morgan fingerprint density at radius 1 is 1.18 bits per heavy atom. The lowest BCUT2D eigenvalue weighted by molar-refractivity contribution is -0.149. The summed E-state index contributed by atoms with van der Waals surface area (Å²) in [7, 11) is 0. The van der Waals surface area contributed by atoms with E-state index in [1.54, 1.807) is 0 Å². The molecule has 1 aliphatic rings. The molecule has 2 aromatic heterocycles. The van der Waals surface area contributed by atoms with E-state index >= 15 is 0 Å². The number of piperidine rings is 1. The van der Waals surface area contributed by atoms with Crippen molar-refractivity contribution in [3.8, 4) is 10.4 Å². The zero-order valence-corrected chi connectivity index (χ0v) is 17.0. The number of H-pyrrole nitrogens is 1. The van der Waals surface area contributed by atoms with Gasteiger partial charge in [-0.05, 0) is 44.9 Å². The molecule has 5 nitrogen and oxygen atoms in total. The molecule has 0 radical (unpaired) electrons. The maximum Gasteiger partial charge on any atom is 0.309 e. The van der Waals surface area contributed by atoms with Crippen molar-refractivity contribution >= 4 is 34.1 Å². The molecule has 0 bridgehead atoms. The molecule has 1 N–H and O–H groups in total. The van der Waals surface area contributed by atoms with Crippen LogP contribution in [0.5, 0.6) is 0 Å². The molecule has 6 heteroatoms. The van der Waals surface area contributed by atoms with E-state index in [1.165, 1.54) is 22.3 Å². The summed E-state index contributed by atoms with van der Waals surface area (Å²) in [5.74, 6) is -0.171. The second kappa shape index (κ2) is 7.80. The molecule has 1 saturated heterocycles. The Labute approximate surface area is 168 Å². The molecular formula is C22H24N2O3S. The number of carbonyl (C=O) groups excluding carboxylic acids is 2. The first-order valence-corrected chi connectivity index (χ1v) is 10.5. The zero-order valence-electron chi connectivity index (χ0n) is 16.2. The normalized spacial score (nSPS) is 15.1. The molecule has 4 rings (SSSR count). The highest BCUT2D eigenvalue weighted by Crippen LogP contribution is 2.37. The van der Waals surface area contributed by atoms with Gasteiger partial charge in [-0.1, -0.05) is 18.2 Å². The number of aromatic nitrogens is 1. The molecule has 146 valence electrons. The first-order valence-electron chi connectivity index (χ1n) is 9.72. The Bertz CT molecular complexity index is 1010. The molecule has 0 unspecified atom stereocenters. The van der Waals surface area contributed by atoms with Crippen molar-refractivity contribution in [3.05, 3.63) is 47.0 Å². The highest BCUT2D eigenvalue weighted by atomic mass is 32.1. The molecule has 3 aromatic rings. The summed E-state index contributed by atoms with van der Waals surface area (Å²) >= 11 is 1.53. The summed E-state index contributed by atoms with van der Waals surface area (Å²) in [4.78, 5) is 32.0. The summed E-state index contributed by atoms with van der Waals surface area (Å²) in [6.07, 6.45) is 1.34. The average Bonchev–Trinajstić information content (AvgIpc) is 3.31. The Balaban J connectivity index is 1.50. The van der Waals surface area contributed by atoms with Gasteiger partial charge in [-0.25, -0.2) is 0 Å². The van der Waals surface area contributed by atoms with Gasteiger partial charge in [0.1, 0.15) is 0 Å². The number of benzene rings is 1. The molecule has 0 aliphatic carbocycles. The summed E-state index contributed by atoms with van der Waals surface area (Å²) in [6, 6.07) is 12.2. The third-order valence-electron chi connectivity index (χ3n) is 5.36. The largest absolute Gasteiger partial charge is 0.466 e. The standard InChI is InChI=1S/C22H24N2O3S/c1-3-27-22(26)15-10-12-24(13-11-15)21(25)19-9-8-18(28-19)20-14(2)23-17-7-5-4-6-16(17)20/h4-9,15,23H,3,10-13H2,1-2H3. The number of hydrogen-bond acceptors (Lipinski definition) is 4. The lowest BCUT2D eigenvalue weighted by Crippen LogP contribution is -2.40. The average molecular weight is 397 g/mol. The molecule has 0 saturated carbocycles. The van der Waals surface area contributed by atoms with Gasteiger partial charge in [0.25, 0.3) is 5.91 Å². The van der Waals surface area contributed by atoms with Crippen molar-refractivity contribution in [2.24, 2.45) is 5.92 Å². The lowest BCUT2D eigenvalue weighted by atomic mass is 9.97. The number of hydrogen-bond donors (Lipinski definition) is 1. The number of rotatable bonds is 4. The van der Waals surface area contributed by atoms with E-state index in [-0.39, 0.29) is 17.8 Å². The van der Waals surface area contributed by atoms with Crippen molar-refractivity contribution in [2.45, 2.75) is 26.7 Å². The van der Waals surface area contributed by atoms with Crippen LogP contribution in [0.1, 0.15) is 35.1 Å². The third-order valence-corrected chi connectivity index (χ3v) is 6.45. The Morgan fingerprint density at radius 2 is 1.93 bits per heavy atom.